The molecule has 2 aromatic rings. The molecule has 3 aliphatic rings. The Bertz CT molecular complexity index is 1250. The van der Waals surface area contributed by atoms with E-state index in [1.807, 2.05) is 26.0 Å². The van der Waals surface area contributed by atoms with Gasteiger partial charge in [-0.2, -0.15) is 0 Å². The molecule has 1 fully saturated rings. The highest BCUT2D eigenvalue weighted by Gasteiger charge is 2.44. The number of piperidine rings is 1. The van der Waals surface area contributed by atoms with Gasteiger partial charge in [-0.3, -0.25) is 24.1 Å². The number of hydrogen-bond acceptors (Lipinski definition) is 5. The number of fused-ring (bicyclic) bond motifs is 2. The Labute approximate surface area is 198 Å². The monoisotopic (exact) mass is 460 g/mol. The number of amides is 3. The molecule has 0 unspecified atom stereocenters. The van der Waals surface area contributed by atoms with Gasteiger partial charge in [-0.25, -0.2) is 0 Å². The number of rotatable bonds is 2. The fraction of sp³-hybridized carbons (Fsp3) is 0.407. The van der Waals surface area contributed by atoms with E-state index >= 15 is 0 Å². The van der Waals surface area contributed by atoms with Gasteiger partial charge in [0, 0.05) is 37.5 Å². The maximum absolute atomic E-state index is 13.2. The van der Waals surface area contributed by atoms with Crippen LogP contribution < -0.4 is 4.74 Å². The van der Waals surface area contributed by atoms with Crippen LogP contribution in [-0.2, 0) is 0 Å². The van der Waals surface area contributed by atoms with Crippen LogP contribution in [0, 0.1) is 13.8 Å². The number of benzene rings is 2. The molecule has 2 aromatic carbocycles. The molecule has 3 aliphatic heterocycles. The lowest BCUT2D eigenvalue weighted by molar-refractivity contribution is -0.00622. The van der Waals surface area contributed by atoms with Gasteiger partial charge in [-0.05, 0) is 63.1 Å². The summed E-state index contributed by atoms with van der Waals surface area (Å²) in [5.74, 6) is -0.108. The number of carbonyl (C=O) groups excluding carboxylic acids is 4. The highest BCUT2D eigenvalue weighted by molar-refractivity contribution is 6.22. The van der Waals surface area contributed by atoms with Gasteiger partial charge < -0.3 is 9.64 Å². The molecule has 3 amide bonds. The van der Waals surface area contributed by atoms with Crippen molar-refractivity contribution in [1.82, 2.24) is 9.80 Å². The van der Waals surface area contributed by atoms with Gasteiger partial charge >= 0.3 is 0 Å². The molecule has 7 heteroatoms. The van der Waals surface area contributed by atoms with Crippen LogP contribution in [0.4, 0.5) is 0 Å². The molecule has 7 nitrogen and oxygen atoms in total. The average Bonchev–Trinajstić information content (AvgIpc) is 3.06. The summed E-state index contributed by atoms with van der Waals surface area (Å²) in [5.41, 5.74) is 3.11. The van der Waals surface area contributed by atoms with Gasteiger partial charge in [-0.15, -0.1) is 0 Å². The second kappa shape index (κ2) is 7.79. The van der Waals surface area contributed by atoms with Crippen LogP contribution in [0.1, 0.15) is 85.7 Å². The molecular weight excluding hydrogens is 432 g/mol. The summed E-state index contributed by atoms with van der Waals surface area (Å²) in [4.78, 5) is 54.3. The number of ketones is 1. The van der Waals surface area contributed by atoms with Crippen LogP contribution in [0.25, 0.3) is 0 Å². The van der Waals surface area contributed by atoms with Gasteiger partial charge in [0.15, 0.2) is 5.78 Å². The van der Waals surface area contributed by atoms with E-state index in [0.29, 0.717) is 54.8 Å². The van der Waals surface area contributed by atoms with Crippen molar-refractivity contribution in [2.45, 2.75) is 58.6 Å². The predicted molar refractivity (Wildman–Crippen MR) is 125 cm³/mol. The van der Waals surface area contributed by atoms with Crippen molar-refractivity contribution in [3.8, 4) is 5.75 Å². The predicted octanol–water partition coefficient (Wildman–Crippen LogP) is 3.95. The first kappa shape index (κ1) is 22.3. The highest BCUT2D eigenvalue weighted by Crippen LogP contribution is 2.42. The smallest absolute Gasteiger partial charge is 0.261 e. The number of Topliss-reactive ketones (excluding diaryl/α,β-unsaturated/α-hetero) is 1. The van der Waals surface area contributed by atoms with E-state index in [1.165, 1.54) is 11.0 Å². The largest absolute Gasteiger partial charge is 0.486 e. The van der Waals surface area contributed by atoms with E-state index < -0.39 is 5.60 Å². The summed E-state index contributed by atoms with van der Waals surface area (Å²) in [6, 6.07) is 8.26. The Morgan fingerprint density at radius 3 is 2.26 bits per heavy atom. The van der Waals surface area contributed by atoms with E-state index in [1.54, 1.807) is 30.9 Å². The van der Waals surface area contributed by atoms with Crippen molar-refractivity contribution in [1.29, 1.82) is 0 Å². The Morgan fingerprint density at radius 2 is 1.59 bits per heavy atom. The Balaban J connectivity index is 1.33. The topological polar surface area (TPSA) is 84.0 Å². The molecule has 1 saturated heterocycles. The van der Waals surface area contributed by atoms with Crippen molar-refractivity contribution in [3.63, 3.8) is 0 Å². The summed E-state index contributed by atoms with van der Waals surface area (Å²) in [7, 11) is 0. The lowest BCUT2D eigenvalue weighted by Gasteiger charge is -2.44. The first-order chi connectivity index (χ1) is 16.1. The molecule has 176 valence electrons. The number of imide groups is 1. The quantitative estimate of drug-likeness (QED) is 0.634. The molecule has 0 saturated carbocycles. The second-order valence-corrected chi connectivity index (χ2v) is 9.90. The van der Waals surface area contributed by atoms with Crippen LogP contribution in [0.3, 0.4) is 0 Å². The second-order valence-electron chi connectivity index (χ2n) is 9.90. The van der Waals surface area contributed by atoms with Crippen LogP contribution in [0.15, 0.2) is 30.3 Å². The molecule has 3 heterocycles. The minimum absolute atomic E-state index is 0.0839. The molecule has 34 heavy (non-hydrogen) atoms. The van der Waals surface area contributed by atoms with Gasteiger partial charge in [-0.1, -0.05) is 6.07 Å². The third-order valence-corrected chi connectivity index (χ3v) is 7.42. The van der Waals surface area contributed by atoms with Crippen LogP contribution in [0.5, 0.6) is 5.75 Å². The van der Waals surface area contributed by atoms with Crippen LogP contribution >= 0.6 is 0 Å². The summed E-state index contributed by atoms with van der Waals surface area (Å²) in [5, 5.41) is 0. The number of aryl methyl sites for hydroxylation is 1. The first-order valence-electron chi connectivity index (χ1n) is 11.8. The zero-order valence-electron chi connectivity index (χ0n) is 19.9. The molecule has 0 N–H and O–H groups in total. The Kier molecular flexibility index (Phi) is 5.11. The normalized spacial score (nSPS) is 18.9. The zero-order valence-corrected chi connectivity index (χ0v) is 19.9. The Morgan fingerprint density at radius 1 is 0.941 bits per heavy atom. The van der Waals surface area contributed by atoms with Crippen molar-refractivity contribution >= 4 is 23.5 Å². The summed E-state index contributed by atoms with van der Waals surface area (Å²) in [6.07, 6.45) is 1.42. The summed E-state index contributed by atoms with van der Waals surface area (Å²) >= 11 is 0. The van der Waals surface area contributed by atoms with Crippen molar-refractivity contribution in [3.05, 3.63) is 63.7 Å². The van der Waals surface area contributed by atoms with Crippen LogP contribution in [0.2, 0.25) is 0 Å². The van der Waals surface area contributed by atoms with Gasteiger partial charge in [0.25, 0.3) is 17.7 Å². The molecule has 5 rings (SSSR count). The molecule has 0 atom stereocenters. The maximum Gasteiger partial charge on any atom is 0.261 e. The number of likely N-dealkylation sites (tertiary alicyclic amines) is 1. The highest BCUT2D eigenvalue weighted by atomic mass is 16.5. The first-order valence-corrected chi connectivity index (χ1v) is 11.8. The number of nitrogens with zero attached hydrogens (tertiary/aromatic N) is 2. The van der Waals surface area contributed by atoms with E-state index in [-0.39, 0.29) is 35.1 Å². The standard InChI is InChI=1S/C27H28N2O5/c1-15(2)29-25(32)19-8-6-18(13-21(19)26(29)33)24(31)28-11-9-27(10-12-28)14-22(30)20-7-5-16(3)17(4)23(20)34-27/h5-8,13,15H,9-12,14H2,1-4H3. The molecule has 0 aliphatic carbocycles. The molecular formula is C27H28N2O5. The molecule has 0 aromatic heterocycles. The fourth-order valence-corrected chi connectivity index (χ4v) is 5.22. The van der Waals surface area contributed by atoms with Gasteiger partial charge in [0.1, 0.15) is 11.4 Å². The zero-order chi connectivity index (χ0) is 24.4. The SMILES string of the molecule is Cc1ccc2c(c1C)OC1(CCN(C(=O)c3ccc4c(c3)C(=O)N(C(C)C)C4=O)CC1)CC2=O. The molecule has 1 spiro atoms. The lowest BCUT2D eigenvalue weighted by atomic mass is 9.81. The number of ether oxygens (including phenoxy) is 1. The fourth-order valence-electron chi connectivity index (χ4n) is 5.22. The average molecular weight is 461 g/mol. The van der Waals surface area contributed by atoms with Crippen LogP contribution in [-0.4, -0.2) is 58.0 Å². The Hall–Kier alpha value is -3.48. The van der Waals surface area contributed by atoms with Crippen molar-refractivity contribution < 1.29 is 23.9 Å². The van der Waals surface area contributed by atoms with E-state index in [0.717, 1.165) is 11.1 Å². The minimum atomic E-state index is -0.600. The van der Waals surface area contributed by atoms with E-state index in [2.05, 4.69) is 0 Å². The summed E-state index contributed by atoms with van der Waals surface area (Å²) < 4.78 is 6.45. The summed E-state index contributed by atoms with van der Waals surface area (Å²) in [6.45, 7) is 8.46. The number of carbonyl (C=O) groups is 4. The van der Waals surface area contributed by atoms with Crippen molar-refractivity contribution in [2.24, 2.45) is 0 Å². The molecule has 0 radical (unpaired) electrons. The van der Waals surface area contributed by atoms with E-state index in [9.17, 15) is 19.2 Å². The number of hydrogen-bond donors (Lipinski definition) is 0. The third-order valence-electron chi connectivity index (χ3n) is 7.42. The van der Waals surface area contributed by atoms with E-state index in [4.69, 9.17) is 4.74 Å². The third kappa shape index (κ3) is 3.33. The van der Waals surface area contributed by atoms with Gasteiger partial charge in [0.2, 0.25) is 0 Å². The van der Waals surface area contributed by atoms with Crippen molar-refractivity contribution in [2.75, 3.05) is 13.1 Å². The lowest BCUT2D eigenvalue weighted by Crippen LogP contribution is -2.52. The minimum Gasteiger partial charge on any atom is -0.486 e. The van der Waals surface area contributed by atoms with Gasteiger partial charge in [0.05, 0.1) is 23.1 Å². The maximum atomic E-state index is 13.2. The molecule has 0 bridgehead atoms.